The molecule has 0 radical (unpaired) electrons. The summed E-state index contributed by atoms with van der Waals surface area (Å²) in [5.74, 6) is 0. The van der Waals surface area contributed by atoms with Gasteiger partial charge in [-0.2, -0.15) is 8.75 Å². The van der Waals surface area contributed by atoms with Crippen LogP contribution in [-0.4, -0.2) is 13.7 Å². The van der Waals surface area contributed by atoms with Gasteiger partial charge in [0.15, 0.2) is 5.13 Å². The monoisotopic (exact) mass is 296 g/mol. The van der Waals surface area contributed by atoms with E-state index in [0.717, 1.165) is 27.2 Å². The fraction of sp³-hybridized carbons (Fsp3) is 0.182. The number of halogens is 1. The quantitative estimate of drug-likeness (QED) is 0.788. The maximum Gasteiger partial charge on any atom is 0.180 e. The van der Waals surface area contributed by atoms with Gasteiger partial charge in [0.2, 0.25) is 0 Å². The van der Waals surface area contributed by atoms with Crippen molar-refractivity contribution in [3.05, 3.63) is 33.3 Å². The Kier molecular flexibility index (Phi) is 2.93. The first-order chi connectivity index (χ1) is 8.65. The largest absolute Gasteiger partial charge is 0.375 e. The van der Waals surface area contributed by atoms with Gasteiger partial charge in [-0.1, -0.05) is 11.6 Å². The first kappa shape index (κ1) is 11.8. The molecule has 0 fully saturated rings. The van der Waals surface area contributed by atoms with E-state index in [1.807, 2.05) is 19.1 Å². The summed E-state index contributed by atoms with van der Waals surface area (Å²) in [6, 6.07) is 3.75. The normalized spacial score (nSPS) is 11.2. The minimum Gasteiger partial charge on any atom is -0.375 e. The summed E-state index contributed by atoms with van der Waals surface area (Å²) in [6.45, 7) is 1.95. The fourth-order valence-electron chi connectivity index (χ4n) is 1.82. The van der Waals surface area contributed by atoms with Crippen LogP contribution in [0.3, 0.4) is 0 Å². The molecule has 2 heterocycles. The Hall–Kier alpha value is -1.24. The van der Waals surface area contributed by atoms with Crippen molar-refractivity contribution in [2.24, 2.45) is 0 Å². The molecule has 0 atom stereocenters. The third-order valence-corrected chi connectivity index (χ3v) is 4.61. The van der Waals surface area contributed by atoms with Gasteiger partial charge in [0.25, 0.3) is 0 Å². The lowest BCUT2D eigenvalue weighted by atomic mass is 10.1. The predicted molar refractivity (Wildman–Crippen MR) is 76.5 cm³/mol. The van der Waals surface area contributed by atoms with Crippen LogP contribution in [-0.2, 0) is 6.42 Å². The number of hydrogen-bond donors (Lipinski definition) is 1. The number of anilines is 1. The van der Waals surface area contributed by atoms with Gasteiger partial charge in [-0.3, -0.25) is 0 Å². The Bertz CT molecular complexity index is 719. The molecular formula is C11H9ClN4S2. The maximum absolute atomic E-state index is 6.26. The zero-order chi connectivity index (χ0) is 12.7. The van der Waals surface area contributed by atoms with Gasteiger partial charge in [0.05, 0.1) is 17.4 Å². The van der Waals surface area contributed by atoms with Crippen molar-refractivity contribution < 1.29 is 0 Å². The smallest absolute Gasteiger partial charge is 0.180 e. The van der Waals surface area contributed by atoms with Crippen LogP contribution in [0, 0.1) is 6.92 Å². The van der Waals surface area contributed by atoms with Crippen LogP contribution in [0.2, 0.25) is 5.02 Å². The highest BCUT2D eigenvalue weighted by Crippen LogP contribution is 2.30. The van der Waals surface area contributed by atoms with Crippen molar-refractivity contribution in [3.63, 3.8) is 0 Å². The minimum atomic E-state index is 0.585. The molecule has 0 unspecified atom stereocenters. The molecule has 3 aromatic rings. The lowest BCUT2D eigenvalue weighted by Gasteiger charge is -2.03. The van der Waals surface area contributed by atoms with E-state index in [2.05, 4.69) is 13.7 Å². The number of nitrogens with zero attached hydrogens (tertiary/aromatic N) is 3. The molecule has 18 heavy (non-hydrogen) atoms. The SMILES string of the molecule is Cc1nc(N)sc1Cc1c(Cl)ccc2nsnc12. The molecule has 0 aliphatic rings. The number of hydrogen-bond acceptors (Lipinski definition) is 6. The summed E-state index contributed by atoms with van der Waals surface area (Å²) in [6.07, 6.45) is 0.697. The van der Waals surface area contributed by atoms with E-state index in [9.17, 15) is 0 Å². The highest BCUT2D eigenvalue weighted by atomic mass is 35.5. The van der Waals surface area contributed by atoms with Crippen LogP contribution in [0.1, 0.15) is 16.1 Å². The number of rotatable bonds is 2. The summed E-state index contributed by atoms with van der Waals surface area (Å²) in [7, 11) is 0. The second kappa shape index (κ2) is 4.46. The van der Waals surface area contributed by atoms with Gasteiger partial charge in [0, 0.05) is 21.9 Å². The van der Waals surface area contributed by atoms with E-state index in [0.29, 0.717) is 16.6 Å². The van der Waals surface area contributed by atoms with Gasteiger partial charge < -0.3 is 5.73 Å². The molecule has 2 N–H and O–H groups in total. The minimum absolute atomic E-state index is 0.585. The second-order valence-corrected chi connectivity index (χ2v) is 5.95. The lowest BCUT2D eigenvalue weighted by molar-refractivity contribution is 1.16. The zero-order valence-corrected chi connectivity index (χ0v) is 11.9. The Morgan fingerprint density at radius 3 is 2.89 bits per heavy atom. The van der Waals surface area contributed by atoms with Crippen LogP contribution >= 0.6 is 34.7 Å². The molecule has 0 amide bonds. The van der Waals surface area contributed by atoms with E-state index < -0.39 is 0 Å². The number of aryl methyl sites for hydroxylation is 1. The number of nitrogen functional groups attached to an aromatic ring is 1. The van der Waals surface area contributed by atoms with Crippen molar-refractivity contribution >= 4 is 50.8 Å². The predicted octanol–water partition coefficient (Wildman–Crippen LogP) is 3.28. The Morgan fingerprint density at radius 1 is 1.33 bits per heavy atom. The second-order valence-electron chi connectivity index (χ2n) is 3.90. The molecular weight excluding hydrogens is 288 g/mol. The molecule has 7 heteroatoms. The van der Waals surface area contributed by atoms with Crippen LogP contribution in [0.5, 0.6) is 0 Å². The summed E-state index contributed by atoms with van der Waals surface area (Å²) in [5.41, 5.74) is 9.42. The van der Waals surface area contributed by atoms with Crippen LogP contribution in [0.25, 0.3) is 11.0 Å². The number of fused-ring (bicyclic) bond motifs is 1. The van der Waals surface area contributed by atoms with E-state index in [1.165, 1.54) is 23.1 Å². The van der Waals surface area contributed by atoms with Crippen molar-refractivity contribution in [1.82, 2.24) is 13.7 Å². The van der Waals surface area contributed by atoms with E-state index in [-0.39, 0.29) is 0 Å². The zero-order valence-electron chi connectivity index (χ0n) is 9.48. The van der Waals surface area contributed by atoms with Crippen molar-refractivity contribution in [1.29, 1.82) is 0 Å². The van der Waals surface area contributed by atoms with Crippen LogP contribution < -0.4 is 5.73 Å². The Labute approximate surface area is 117 Å². The topological polar surface area (TPSA) is 64.7 Å². The van der Waals surface area contributed by atoms with Gasteiger partial charge in [-0.05, 0) is 19.1 Å². The standard InChI is InChI=1S/C11H9ClN4S2/c1-5-9(17-11(13)14-5)4-6-7(12)2-3-8-10(6)16-18-15-8/h2-3H,4H2,1H3,(H2,13,14). The van der Waals surface area contributed by atoms with E-state index >= 15 is 0 Å². The molecule has 92 valence electrons. The summed E-state index contributed by atoms with van der Waals surface area (Å²) >= 11 is 8.95. The molecule has 1 aromatic carbocycles. The molecule has 0 bridgehead atoms. The number of aromatic nitrogens is 3. The molecule has 0 aliphatic carbocycles. The lowest BCUT2D eigenvalue weighted by Crippen LogP contribution is -1.91. The average Bonchev–Trinajstić information content (AvgIpc) is 2.90. The molecule has 0 aliphatic heterocycles. The highest BCUT2D eigenvalue weighted by Gasteiger charge is 2.14. The average molecular weight is 297 g/mol. The molecule has 4 nitrogen and oxygen atoms in total. The summed E-state index contributed by atoms with van der Waals surface area (Å²) in [5, 5.41) is 1.30. The van der Waals surface area contributed by atoms with Crippen LogP contribution in [0.4, 0.5) is 5.13 Å². The summed E-state index contributed by atoms with van der Waals surface area (Å²) in [4.78, 5) is 5.34. The van der Waals surface area contributed by atoms with Crippen molar-refractivity contribution in [2.75, 3.05) is 5.73 Å². The van der Waals surface area contributed by atoms with E-state index in [1.54, 1.807) is 0 Å². The third-order valence-electron chi connectivity index (χ3n) is 2.72. The molecule has 2 aromatic heterocycles. The highest BCUT2D eigenvalue weighted by molar-refractivity contribution is 7.15. The fourth-order valence-corrected chi connectivity index (χ4v) is 3.45. The number of benzene rings is 1. The van der Waals surface area contributed by atoms with Gasteiger partial charge in [-0.25, -0.2) is 4.98 Å². The van der Waals surface area contributed by atoms with E-state index in [4.69, 9.17) is 17.3 Å². The maximum atomic E-state index is 6.26. The third kappa shape index (κ3) is 1.96. The van der Waals surface area contributed by atoms with Gasteiger partial charge in [-0.15, -0.1) is 11.3 Å². The van der Waals surface area contributed by atoms with Gasteiger partial charge >= 0.3 is 0 Å². The first-order valence-electron chi connectivity index (χ1n) is 5.26. The Balaban J connectivity index is 2.11. The number of nitrogens with two attached hydrogens (primary N) is 1. The molecule has 0 spiro atoms. The van der Waals surface area contributed by atoms with Crippen molar-refractivity contribution in [3.8, 4) is 0 Å². The number of thiazole rings is 1. The van der Waals surface area contributed by atoms with Gasteiger partial charge in [0.1, 0.15) is 11.0 Å². The summed E-state index contributed by atoms with van der Waals surface area (Å²) < 4.78 is 8.54. The molecule has 3 rings (SSSR count). The first-order valence-corrected chi connectivity index (χ1v) is 7.19. The van der Waals surface area contributed by atoms with Crippen LogP contribution in [0.15, 0.2) is 12.1 Å². The Morgan fingerprint density at radius 2 is 2.17 bits per heavy atom. The van der Waals surface area contributed by atoms with Crippen molar-refractivity contribution in [2.45, 2.75) is 13.3 Å². The molecule has 0 saturated carbocycles. The molecule has 0 saturated heterocycles.